The van der Waals surface area contributed by atoms with Gasteiger partial charge in [-0.05, 0) is 30.3 Å². The summed E-state index contributed by atoms with van der Waals surface area (Å²) in [6.45, 7) is 0.0262. The van der Waals surface area contributed by atoms with Crippen LogP contribution in [0, 0.1) is 11.3 Å². The van der Waals surface area contributed by atoms with E-state index in [0.717, 1.165) is 6.20 Å². The van der Waals surface area contributed by atoms with Gasteiger partial charge in [-0.2, -0.15) is 23.4 Å². The van der Waals surface area contributed by atoms with Crippen molar-refractivity contribution in [2.75, 3.05) is 0 Å². The van der Waals surface area contributed by atoms with Crippen LogP contribution in [0.25, 0.3) is 5.69 Å². The average Bonchev–Trinajstić information content (AvgIpc) is 3.05. The first-order valence-corrected chi connectivity index (χ1v) is 7.16. The van der Waals surface area contributed by atoms with E-state index in [-0.39, 0.29) is 12.6 Å². The number of alkyl halides is 3. The van der Waals surface area contributed by atoms with Gasteiger partial charge in [0.05, 0.1) is 17.3 Å². The molecule has 2 heterocycles. The van der Waals surface area contributed by atoms with Crippen molar-refractivity contribution in [1.29, 1.82) is 5.26 Å². The molecule has 0 N–H and O–H groups in total. The van der Waals surface area contributed by atoms with Gasteiger partial charge in [0, 0.05) is 24.2 Å². The summed E-state index contributed by atoms with van der Waals surface area (Å²) in [7, 11) is 0. The number of halogens is 3. The molecule has 0 fully saturated rings. The maximum Gasteiger partial charge on any atom is 0.435 e. The highest BCUT2D eigenvalue weighted by atomic mass is 19.4. The van der Waals surface area contributed by atoms with E-state index in [4.69, 9.17) is 10.00 Å². The highest BCUT2D eigenvalue weighted by Gasteiger charge is 2.35. The fraction of sp³-hybridized carbons (Fsp3) is 0.118. The number of nitriles is 1. The second-order valence-electron chi connectivity index (χ2n) is 5.09. The van der Waals surface area contributed by atoms with E-state index >= 15 is 0 Å². The summed E-state index contributed by atoms with van der Waals surface area (Å²) < 4.78 is 45.6. The minimum absolute atomic E-state index is 0.0262. The van der Waals surface area contributed by atoms with Gasteiger partial charge in [-0.15, -0.1) is 0 Å². The lowest BCUT2D eigenvalue weighted by atomic mass is 10.2. The lowest BCUT2D eigenvalue weighted by molar-refractivity contribution is -0.141. The number of hydrogen-bond donors (Lipinski definition) is 0. The first-order valence-electron chi connectivity index (χ1n) is 7.16. The smallest absolute Gasteiger partial charge is 0.435 e. The molecule has 0 aliphatic rings. The van der Waals surface area contributed by atoms with E-state index in [1.54, 1.807) is 24.5 Å². The van der Waals surface area contributed by atoms with Crippen molar-refractivity contribution >= 4 is 0 Å². The topological polar surface area (TPSA) is 63.7 Å². The van der Waals surface area contributed by atoms with Crippen LogP contribution in [0.15, 0.2) is 55.0 Å². The van der Waals surface area contributed by atoms with Gasteiger partial charge in [0.2, 0.25) is 0 Å². The molecule has 126 valence electrons. The molecule has 0 saturated heterocycles. The summed E-state index contributed by atoms with van der Waals surface area (Å²) >= 11 is 0. The van der Waals surface area contributed by atoms with Crippen LogP contribution in [0.2, 0.25) is 0 Å². The molecule has 1 aromatic carbocycles. The van der Waals surface area contributed by atoms with Crippen LogP contribution in [-0.4, -0.2) is 14.5 Å². The second-order valence-corrected chi connectivity index (χ2v) is 5.09. The maximum absolute atomic E-state index is 13.0. The lowest BCUT2D eigenvalue weighted by Gasteiger charge is -2.09. The fourth-order valence-electron chi connectivity index (χ4n) is 2.11. The normalized spacial score (nSPS) is 11.1. The van der Waals surface area contributed by atoms with Gasteiger partial charge in [0.1, 0.15) is 6.61 Å². The standard InChI is InChI=1S/C17H11F3N4O/c18-17(19,20)15-10-24(14-5-3-12(8-21)4-6-14)16(23-15)25-11-13-2-1-7-22-9-13/h1-7,9-10H,11H2. The van der Waals surface area contributed by atoms with Gasteiger partial charge in [-0.1, -0.05) is 6.07 Å². The SMILES string of the molecule is N#Cc1ccc(-n2cc(C(F)(F)F)nc2OCc2cccnc2)cc1. The molecule has 3 rings (SSSR count). The number of ether oxygens (including phenoxy) is 1. The predicted molar refractivity (Wildman–Crippen MR) is 81.9 cm³/mol. The molecule has 0 atom stereocenters. The van der Waals surface area contributed by atoms with E-state index < -0.39 is 11.9 Å². The molecule has 2 aromatic heterocycles. The molecule has 0 spiro atoms. The molecular formula is C17H11F3N4O. The number of aromatic nitrogens is 3. The number of imidazole rings is 1. The molecule has 3 aromatic rings. The van der Waals surface area contributed by atoms with Gasteiger partial charge < -0.3 is 4.74 Å². The van der Waals surface area contributed by atoms with Crippen LogP contribution in [0.5, 0.6) is 6.01 Å². The summed E-state index contributed by atoms with van der Waals surface area (Å²) in [4.78, 5) is 7.47. The lowest BCUT2D eigenvalue weighted by Crippen LogP contribution is -2.05. The van der Waals surface area contributed by atoms with Gasteiger partial charge in [-0.25, -0.2) is 0 Å². The average molecular weight is 344 g/mol. The molecule has 0 radical (unpaired) electrons. The summed E-state index contributed by atoms with van der Waals surface area (Å²) in [6, 6.07) is 11.3. The van der Waals surface area contributed by atoms with Crippen molar-refractivity contribution in [1.82, 2.24) is 14.5 Å². The molecule has 0 bridgehead atoms. The van der Waals surface area contributed by atoms with Crippen molar-refractivity contribution in [3.05, 3.63) is 71.8 Å². The number of rotatable bonds is 4. The van der Waals surface area contributed by atoms with Crippen molar-refractivity contribution in [2.24, 2.45) is 0 Å². The van der Waals surface area contributed by atoms with Crippen molar-refractivity contribution < 1.29 is 17.9 Å². The molecule has 0 aliphatic carbocycles. The monoisotopic (exact) mass is 344 g/mol. The summed E-state index contributed by atoms with van der Waals surface area (Å²) in [5.41, 5.74) is 0.449. The Morgan fingerprint density at radius 3 is 2.52 bits per heavy atom. The summed E-state index contributed by atoms with van der Waals surface area (Å²) in [6.07, 6.45) is -0.590. The molecule has 25 heavy (non-hydrogen) atoms. The van der Waals surface area contributed by atoms with Crippen LogP contribution < -0.4 is 4.74 Å². The third-order valence-corrected chi connectivity index (χ3v) is 3.33. The Kier molecular flexibility index (Phi) is 4.39. The Morgan fingerprint density at radius 1 is 1.16 bits per heavy atom. The van der Waals surface area contributed by atoms with Crippen LogP contribution in [0.1, 0.15) is 16.8 Å². The van der Waals surface area contributed by atoms with Gasteiger partial charge in [-0.3, -0.25) is 9.55 Å². The zero-order valence-electron chi connectivity index (χ0n) is 12.7. The van der Waals surface area contributed by atoms with Crippen molar-refractivity contribution in [3.8, 4) is 17.8 Å². The zero-order valence-corrected chi connectivity index (χ0v) is 12.7. The molecule has 0 saturated carbocycles. The zero-order chi connectivity index (χ0) is 17.9. The third kappa shape index (κ3) is 3.77. The minimum atomic E-state index is -4.59. The third-order valence-electron chi connectivity index (χ3n) is 3.33. The van der Waals surface area contributed by atoms with E-state index in [1.807, 2.05) is 6.07 Å². The van der Waals surface area contributed by atoms with Crippen LogP contribution in [0.3, 0.4) is 0 Å². The number of nitrogens with zero attached hydrogens (tertiary/aromatic N) is 4. The molecule has 8 heteroatoms. The van der Waals surface area contributed by atoms with Crippen molar-refractivity contribution in [2.45, 2.75) is 12.8 Å². The summed E-state index contributed by atoms with van der Waals surface area (Å²) in [5.74, 6) is 0. The van der Waals surface area contributed by atoms with Crippen LogP contribution >= 0.6 is 0 Å². The Hall–Kier alpha value is -3.34. The highest BCUT2D eigenvalue weighted by Crippen LogP contribution is 2.31. The van der Waals surface area contributed by atoms with E-state index in [1.165, 1.54) is 28.8 Å². The number of pyridine rings is 1. The number of hydrogen-bond acceptors (Lipinski definition) is 4. The Balaban J connectivity index is 1.94. The first kappa shape index (κ1) is 16.5. The molecule has 0 unspecified atom stereocenters. The van der Waals surface area contributed by atoms with E-state index in [0.29, 0.717) is 16.8 Å². The summed E-state index contributed by atoms with van der Waals surface area (Å²) in [5, 5.41) is 8.83. The van der Waals surface area contributed by atoms with Gasteiger partial charge in [0.15, 0.2) is 5.69 Å². The largest absolute Gasteiger partial charge is 0.459 e. The second kappa shape index (κ2) is 6.65. The quantitative estimate of drug-likeness (QED) is 0.723. The molecule has 0 aliphatic heterocycles. The van der Waals surface area contributed by atoms with Crippen LogP contribution in [-0.2, 0) is 12.8 Å². The molecular weight excluding hydrogens is 333 g/mol. The Bertz CT molecular complexity index is 896. The highest BCUT2D eigenvalue weighted by molar-refractivity contribution is 5.41. The fourth-order valence-corrected chi connectivity index (χ4v) is 2.11. The van der Waals surface area contributed by atoms with Crippen molar-refractivity contribution in [3.63, 3.8) is 0 Å². The van der Waals surface area contributed by atoms with Gasteiger partial charge in [0.25, 0.3) is 0 Å². The Labute approximate surface area is 141 Å². The van der Waals surface area contributed by atoms with Crippen LogP contribution in [0.4, 0.5) is 13.2 Å². The van der Waals surface area contributed by atoms with Gasteiger partial charge >= 0.3 is 12.2 Å². The predicted octanol–water partition coefficient (Wildman–Crippen LogP) is 3.74. The van der Waals surface area contributed by atoms with E-state index in [2.05, 4.69) is 9.97 Å². The number of benzene rings is 1. The molecule has 0 amide bonds. The first-order chi connectivity index (χ1) is 12.0. The maximum atomic E-state index is 13.0. The van der Waals surface area contributed by atoms with E-state index in [9.17, 15) is 13.2 Å². The molecule has 5 nitrogen and oxygen atoms in total. The minimum Gasteiger partial charge on any atom is -0.459 e. The Morgan fingerprint density at radius 2 is 1.92 bits per heavy atom.